The van der Waals surface area contributed by atoms with E-state index in [2.05, 4.69) is 45.9 Å². The van der Waals surface area contributed by atoms with Crippen LogP contribution in [0.5, 0.6) is 0 Å². The lowest BCUT2D eigenvalue weighted by molar-refractivity contribution is -0.148. The molecular formula is C18H18BrN7O2. The highest BCUT2D eigenvalue weighted by Crippen LogP contribution is 2.21. The minimum absolute atomic E-state index is 0.234. The van der Waals surface area contributed by atoms with E-state index < -0.39 is 6.10 Å². The summed E-state index contributed by atoms with van der Waals surface area (Å²) in [5.41, 5.74) is 4.10. The molecule has 0 saturated heterocycles. The number of esters is 1. The summed E-state index contributed by atoms with van der Waals surface area (Å²) in [6, 6.07) is 1.88. The molecule has 28 heavy (non-hydrogen) atoms. The molecule has 0 amide bonds. The molecule has 0 spiro atoms. The molecule has 4 aromatic rings. The van der Waals surface area contributed by atoms with Crippen molar-refractivity contribution in [1.82, 2.24) is 34.5 Å². The summed E-state index contributed by atoms with van der Waals surface area (Å²) in [4.78, 5) is 32.7. The van der Waals surface area contributed by atoms with Crippen molar-refractivity contribution in [1.29, 1.82) is 0 Å². The van der Waals surface area contributed by atoms with Crippen LogP contribution in [0.25, 0.3) is 16.9 Å². The monoisotopic (exact) mass is 443 g/mol. The molecule has 0 fully saturated rings. The van der Waals surface area contributed by atoms with E-state index in [1.165, 1.54) is 6.33 Å². The zero-order chi connectivity index (χ0) is 19.8. The summed E-state index contributed by atoms with van der Waals surface area (Å²) in [5.74, 6) is 0.812. The average Bonchev–Trinajstić information content (AvgIpc) is 3.27. The van der Waals surface area contributed by atoms with Gasteiger partial charge in [-0.05, 0) is 54.8 Å². The molecule has 0 bridgehead atoms. The normalized spacial score (nSPS) is 12.6. The Labute approximate surface area is 168 Å². The number of imidazole rings is 1. The van der Waals surface area contributed by atoms with Gasteiger partial charge in [-0.3, -0.25) is 4.79 Å². The number of hydrogen-bond acceptors (Lipinski definition) is 7. The summed E-state index contributed by atoms with van der Waals surface area (Å²) in [6.07, 6.45) is 3.39. The Morgan fingerprint density at radius 3 is 2.96 bits per heavy atom. The van der Waals surface area contributed by atoms with Gasteiger partial charge in [0.1, 0.15) is 12.2 Å². The Morgan fingerprint density at radius 2 is 2.14 bits per heavy atom. The van der Waals surface area contributed by atoms with Crippen LogP contribution < -0.4 is 0 Å². The van der Waals surface area contributed by atoms with Crippen molar-refractivity contribution in [3.8, 4) is 0 Å². The van der Waals surface area contributed by atoms with E-state index in [0.717, 1.165) is 26.9 Å². The van der Waals surface area contributed by atoms with E-state index in [0.29, 0.717) is 23.7 Å². The van der Waals surface area contributed by atoms with Crippen LogP contribution >= 0.6 is 15.9 Å². The van der Waals surface area contributed by atoms with E-state index in [1.807, 2.05) is 19.9 Å². The number of aryl methyl sites for hydroxylation is 2. The third-order valence-electron chi connectivity index (χ3n) is 4.58. The molecule has 4 rings (SSSR count). The Balaban J connectivity index is 1.44. The van der Waals surface area contributed by atoms with E-state index in [9.17, 15) is 4.79 Å². The first-order valence-corrected chi connectivity index (χ1v) is 9.58. The second-order valence-corrected chi connectivity index (χ2v) is 7.43. The molecule has 0 saturated carbocycles. The molecule has 144 valence electrons. The maximum absolute atomic E-state index is 12.4. The Bertz CT molecular complexity index is 1180. The first-order valence-electron chi connectivity index (χ1n) is 8.79. The van der Waals surface area contributed by atoms with Crippen LogP contribution in [0.3, 0.4) is 0 Å². The van der Waals surface area contributed by atoms with Crippen molar-refractivity contribution in [3.63, 3.8) is 0 Å². The van der Waals surface area contributed by atoms with Gasteiger partial charge in [0.05, 0.1) is 5.52 Å². The van der Waals surface area contributed by atoms with Crippen LogP contribution in [-0.2, 0) is 16.0 Å². The molecule has 1 atom stereocenters. The number of halogens is 1. The number of pyridine rings is 1. The molecule has 1 N–H and O–H groups in total. The maximum atomic E-state index is 12.4. The number of carbonyl (C=O) groups is 1. The molecule has 0 aliphatic heterocycles. The minimum Gasteiger partial charge on any atom is -0.454 e. The Morgan fingerprint density at radius 1 is 1.32 bits per heavy atom. The predicted molar refractivity (Wildman–Crippen MR) is 105 cm³/mol. The third kappa shape index (κ3) is 3.47. The van der Waals surface area contributed by atoms with Crippen LogP contribution in [0.4, 0.5) is 0 Å². The molecular weight excluding hydrogens is 426 g/mol. The zero-order valence-corrected chi connectivity index (χ0v) is 17.2. The fraction of sp³-hybridized carbons (Fsp3) is 0.333. The van der Waals surface area contributed by atoms with Crippen LogP contribution in [0.2, 0.25) is 0 Å². The smallest absolute Gasteiger partial charge is 0.306 e. The van der Waals surface area contributed by atoms with Crippen LogP contribution in [0.15, 0.2) is 23.1 Å². The molecule has 4 heterocycles. The lowest BCUT2D eigenvalue weighted by Crippen LogP contribution is -2.13. The van der Waals surface area contributed by atoms with Crippen molar-refractivity contribution in [2.75, 3.05) is 0 Å². The van der Waals surface area contributed by atoms with Gasteiger partial charge < -0.3 is 9.72 Å². The van der Waals surface area contributed by atoms with Crippen molar-refractivity contribution >= 4 is 38.8 Å². The number of ether oxygens (including phenoxy) is 1. The summed E-state index contributed by atoms with van der Waals surface area (Å²) in [6.45, 7) is 5.63. The first-order chi connectivity index (χ1) is 13.4. The molecule has 0 aliphatic carbocycles. The highest BCUT2D eigenvalue weighted by atomic mass is 79.9. The number of carbonyl (C=O) groups excluding carboxylic acids is 1. The number of H-pyrrole nitrogens is 1. The van der Waals surface area contributed by atoms with E-state index >= 15 is 0 Å². The molecule has 10 heteroatoms. The predicted octanol–water partition coefficient (Wildman–Crippen LogP) is 3.01. The molecule has 4 aromatic heterocycles. The minimum atomic E-state index is -0.501. The standard InChI is InChI=1S/C18H18BrN7O2/c1-9-13(10(2)26-18(23-9)21-8-22-26)4-5-15(27)28-11(3)16-24-14-6-12(19)7-20-17(14)25-16/h6-8,11H,4-5H2,1-3H3,(H,20,24,25). The number of rotatable bonds is 5. The van der Waals surface area contributed by atoms with E-state index in [1.54, 1.807) is 17.6 Å². The van der Waals surface area contributed by atoms with Crippen LogP contribution in [-0.4, -0.2) is 40.5 Å². The SMILES string of the molecule is Cc1nc2ncnn2c(C)c1CCC(=O)OC(C)c1nc2ncc(Br)cc2[nH]1. The van der Waals surface area contributed by atoms with Gasteiger partial charge in [-0.25, -0.2) is 19.5 Å². The van der Waals surface area contributed by atoms with Gasteiger partial charge in [0, 0.05) is 28.5 Å². The summed E-state index contributed by atoms with van der Waals surface area (Å²) < 4.78 is 8.07. The summed E-state index contributed by atoms with van der Waals surface area (Å²) in [7, 11) is 0. The second-order valence-electron chi connectivity index (χ2n) is 6.51. The molecule has 0 aromatic carbocycles. The highest BCUT2D eigenvalue weighted by Gasteiger charge is 2.18. The number of nitrogens with one attached hydrogen (secondary N) is 1. The zero-order valence-electron chi connectivity index (χ0n) is 15.6. The van der Waals surface area contributed by atoms with Gasteiger partial charge in [0.25, 0.3) is 5.78 Å². The average molecular weight is 444 g/mol. The van der Waals surface area contributed by atoms with Gasteiger partial charge in [-0.1, -0.05) is 0 Å². The largest absolute Gasteiger partial charge is 0.454 e. The number of nitrogens with zero attached hydrogens (tertiary/aromatic N) is 6. The van der Waals surface area contributed by atoms with Gasteiger partial charge in [0.15, 0.2) is 11.8 Å². The van der Waals surface area contributed by atoms with Crippen molar-refractivity contribution in [3.05, 3.63) is 45.8 Å². The number of aromatic amines is 1. The number of hydrogen-bond donors (Lipinski definition) is 1. The Hall–Kier alpha value is -2.88. The number of fused-ring (bicyclic) bond motifs is 2. The second kappa shape index (κ2) is 7.27. The third-order valence-corrected chi connectivity index (χ3v) is 5.02. The van der Waals surface area contributed by atoms with Crippen molar-refractivity contribution < 1.29 is 9.53 Å². The van der Waals surface area contributed by atoms with Crippen molar-refractivity contribution in [2.45, 2.75) is 39.7 Å². The van der Waals surface area contributed by atoms with Crippen LogP contribution in [0.1, 0.15) is 42.2 Å². The first kappa shape index (κ1) is 18.5. The highest BCUT2D eigenvalue weighted by molar-refractivity contribution is 9.10. The Kier molecular flexibility index (Phi) is 4.80. The molecule has 0 radical (unpaired) electrons. The van der Waals surface area contributed by atoms with Gasteiger partial charge in [-0.2, -0.15) is 10.1 Å². The van der Waals surface area contributed by atoms with Gasteiger partial charge in [-0.15, -0.1) is 0 Å². The summed E-state index contributed by atoms with van der Waals surface area (Å²) in [5, 5.41) is 4.17. The fourth-order valence-corrected chi connectivity index (χ4v) is 3.47. The molecule has 0 aliphatic rings. The maximum Gasteiger partial charge on any atom is 0.306 e. The van der Waals surface area contributed by atoms with E-state index in [-0.39, 0.29) is 12.4 Å². The summed E-state index contributed by atoms with van der Waals surface area (Å²) >= 11 is 3.37. The quantitative estimate of drug-likeness (QED) is 0.471. The number of aromatic nitrogens is 7. The lowest BCUT2D eigenvalue weighted by Gasteiger charge is -2.12. The van der Waals surface area contributed by atoms with Crippen LogP contribution in [0, 0.1) is 13.8 Å². The molecule has 9 nitrogen and oxygen atoms in total. The van der Waals surface area contributed by atoms with E-state index in [4.69, 9.17) is 4.74 Å². The lowest BCUT2D eigenvalue weighted by atomic mass is 10.1. The van der Waals surface area contributed by atoms with Gasteiger partial charge in [0.2, 0.25) is 0 Å². The van der Waals surface area contributed by atoms with Crippen molar-refractivity contribution in [2.24, 2.45) is 0 Å². The molecule has 1 unspecified atom stereocenters. The van der Waals surface area contributed by atoms with Gasteiger partial charge >= 0.3 is 5.97 Å². The topological polar surface area (TPSA) is 111 Å². The fourth-order valence-electron chi connectivity index (χ4n) is 3.14.